The largest absolute Gasteiger partial charge is 0.434 e. The van der Waals surface area contributed by atoms with Gasteiger partial charge in [-0.05, 0) is 36.6 Å². The van der Waals surface area contributed by atoms with Crippen molar-refractivity contribution in [3.8, 4) is 5.75 Å². The molecule has 1 aliphatic rings. The van der Waals surface area contributed by atoms with E-state index in [9.17, 15) is 23.7 Å². The van der Waals surface area contributed by atoms with Crippen LogP contribution in [0.3, 0.4) is 0 Å². The number of non-ortho nitro benzene ring substituents is 1. The van der Waals surface area contributed by atoms with E-state index < -0.39 is 11.5 Å². The fraction of sp³-hybridized carbons (Fsp3) is 0.211. The fourth-order valence-corrected chi connectivity index (χ4v) is 3.01. The van der Waals surface area contributed by atoms with E-state index in [1.165, 1.54) is 29.2 Å². The molecule has 27 heavy (non-hydrogen) atoms. The Labute approximate surface area is 153 Å². The quantitative estimate of drug-likeness (QED) is 0.575. The van der Waals surface area contributed by atoms with Gasteiger partial charge in [-0.2, -0.15) is 8.78 Å². The number of aryl methyl sites for hydroxylation is 1. The van der Waals surface area contributed by atoms with Crippen LogP contribution in [0.25, 0.3) is 5.57 Å². The molecule has 2 aromatic rings. The SMILES string of the molecule is Cc1cc([N+](=O)[O-])ccc1C(=O)N1C=C(c2ccccc2OC(F)F)CC1. The molecule has 1 amide bonds. The number of carbonyl (C=O) groups is 1. The Morgan fingerprint density at radius 3 is 2.67 bits per heavy atom. The summed E-state index contributed by atoms with van der Waals surface area (Å²) in [6.07, 6.45) is 2.10. The number of hydrogen-bond donors (Lipinski definition) is 0. The summed E-state index contributed by atoms with van der Waals surface area (Å²) in [5.74, 6) is -0.246. The van der Waals surface area contributed by atoms with Crippen molar-refractivity contribution < 1.29 is 23.2 Å². The summed E-state index contributed by atoms with van der Waals surface area (Å²) in [6, 6.07) is 10.5. The van der Waals surface area contributed by atoms with E-state index >= 15 is 0 Å². The molecule has 1 heterocycles. The van der Waals surface area contributed by atoms with Crippen LogP contribution in [-0.2, 0) is 0 Å². The van der Waals surface area contributed by atoms with Gasteiger partial charge in [0.05, 0.1) is 4.92 Å². The second-order valence-electron chi connectivity index (χ2n) is 6.03. The van der Waals surface area contributed by atoms with Crippen molar-refractivity contribution in [2.75, 3.05) is 6.54 Å². The third-order valence-electron chi connectivity index (χ3n) is 4.29. The molecule has 140 valence electrons. The van der Waals surface area contributed by atoms with Crippen molar-refractivity contribution in [2.24, 2.45) is 0 Å². The van der Waals surface area contributed by atoms with Crippen LogP contribution in [0.15, 0.2) is 48.7 Å². The Hall–Kier alpha value is -3.29. The van der Waals surface area contributed by atoms with E-state index in [1.54, 1.807) is 31.3 Å². The number of ether oxygens (including phenoxy) is 1. The van der Waals surface area contributed by atoms with Gasteiger partial charge in [-0.3, -0.25) is 14.9 Å². The Morgan fingerprint density at radius 1 is 1.26 bits per heavy atom. The highest BCUT2D eigenvalue weighted by Crippen LogP contribution is 2.33. The van der Waals surface area contributed by atoms with Gasteiger partial charge in [-0.1, -0.05) is 18.2 Å². The number of halogens is 2. The monoisotopic (exact) mass is 374 g/mol. The number of rotatable bonds is 5. The molecule has 0 bridgehead atoms. The molecular weight excluding hydrogens is 358 g/mol. The van der Waals surface area contributed by atoms with Gasteiger partial charge in [0.2, 0.25) is 0 Å². The van der Waals surface area contributed by atoms with Crippen molar-refractivity contribution in [2.45, 2.75) is 20.0 Å². The number of hydrogen-bond acceptors (Lipinski definition) is 4. The van der Waals surface area contributed by atoms with Crippen molar-refractivity contribution in [1.29, 1.82) is 0 Å². The summed E-state index contributed by atoms with van der Waals surface area (Å²) in [7, 11) is 0. The van der Waals surface area contributed by atoms with Gasteiger partial charge in [-0.15, -0.1) is 0 Å². The molecule has 0 fully saturated rings. The molecule has 0 unspecified atom stereocenters. The van der Waals surface area contributed by atoms with Crippen molar-refractivity contribution in [3.05, 3.63) is 75.5 Å². The molecule has 6 nitrogen and oxygen atoms in total. The first-order valence-electron chi connectivity index (χ1n) is 8.17. The maximum absolute atomic E-state index is 12.7. The number of amides is 1. The number of nitro benzene ring substituents is 1. The molecule has 0 atom stereocenters. The Bertz CT molecular complexity index is 928. The zero-order valence-electron chi connectivity index (χ0n) is 14.4. The molecule has 0 N–H and O–H groups in total. The van der Waals surface area contributed by atoms with Crippen LogP contribution in [0.5, 0.6) is 5.75 Å². The molecule has 8 heteroatoms. The van der Waals surface area contributed by atoms with Crippen LogP contribution in [0.1, 0.15) is 27.9 Å². The highest BCUT2D eigenvalue weighted by molar-refractivity contribution is 5.98. The van der Waals surface area contributed by atoms with Crippen LogP contribution < -0.4 is 4.74 Å². The van der Waals surface area contributed by atoms with E-state index in [-0.39, 0.29) is 17.3 Å². The maximum atomic E-state index is 12.7. The number of para-hydroxylation sites is 1. The summed E-state index contributed by atoms with van der Waals surface area (Å²) in [5, 5.41) is 10.8. The molecule has 0 saturated heterocycles. The minimum absolute atomic E-state index is 0.0552. The lowest BCUT2D eigenvalue weighted by Gasteiger charge is -2.14. The molecule has 0 saturated carbocycles. The lowest BCUT2D eigenvalue weighted by Crippen LogP contribution is -2.24. The highest BCUT2D eigenvalue weighted by atomic mass is 19.3. The van der Waals surface area contributed by atoms with Crippen molar-refractivity contribution >= 4 is 17.2 Å². The molecular formula is C19H16F2N2O4. The summed E-state index contributed by atoms with van der Waals surface area (Å²) >= 11 is 0. The second kappa shape index (κ2) is 7.53. The molecule has 0 aliphatic carbocycles. The lowest BCUT2D eigenvalue weighted by atomic mass is 10.0. The average molecular weight is 374 g/mol. The number of benzene rings is 2. The molecule has 0 aromatic heterocycles. The molecule has 0 radical (unpaired) electrons. The van der Waals surface area contributed by atoms with Crippen LogP contribution in [-0.4, -0.2) is 28.9 Å². The average Bonchev–Trinajstić information content (AvgIpc) is 3.11. The van der Waals surface area contributed by atoms with E-state index in [0.717, 1.165) is 0 Å². The first kappa shape index (κ1) is 18.5. The van der Waals surface area contributed by atoms with Gasteiger partial charge in [0, 0.05) is 36.0 Å². The van der Waals surface area contributed by atoms with Crippen LogP contribution in [0.2, 0.25) is 0 Å². The topological polar surface area (TPSA) is 72.7 Å². The minimum Gasteiger partial charge on any atom is -0.434 e. The van der Waals surface area contributed by atoms with Crippen LogP contribution in [0.4, 0.5) is 14.5 Å². The number of carbonyl (C=O) groups excluding carboxylic acids is 1. The summed E-state index contributed by atoms with van der Waals surface area (Å²) < 4.78 is 29.7. The first-order chi connectivity index (χ1) is 12.9. The van der Waals surface area contributed by atoms with E-state index in [2.05, 4.69) is 4.74 Å². The Morgan fingerprint density at radius 2 is 2.00 bits per heavy atom. The molecule has 0 spiro atoms. The summed E-state index contributed by atoms with van der Waals surface area (Å²) in [5.41, 5.74) is 1.99. The van der Waals surface area contributed by atoms with E-state index in [4.69, 9.17) is 0 Å². The zero-order chi connectivity index (χ0) is 19.6. The Kier molecular flexibility index (Phi) is 5.16. The van der Waals surface area contributed by atoms with E-state index in [1.807, 2.05) is 0 Å². The lowest BCUT2D eigenvalue weighted by molar-refractivity contribution is -0.384. The fourth-order valence-electron chi connectivity index (χ4n) is 3.01. The molecule has 1 aliphatic heterocycles. The van der Waals surface area contributed by atoms with Gasteiger partial charge in [-0.25, -0.2) is 0 Å². The molecule has 2 aromatic carbocycles. The van der Waals surface area contributed by atoms with Crippen LogP contribution >= 0.6 is 0 Å². The highest BCUT2D eigenvalue weighted by Gasteiger charge is 2.24. The van der Waals surface area contributed by atoms with Crippen LogP contribution in [0, 0.1) is 17.0 Å². The van der Waals surface area contributed by atoms with E-state index in [0.29, 0.717) is 35.2 Å². The van der Waals surface area contributed by atoms with Gasteiger partial charge < -0.3 is 9.64 Å². The first-order valence-corrected chi connectivity index (χ1v) is 8.17. The third kappa shape index (κ3) is 3.94. The standard InChI is InChI=1S/C19H16F2N2O4/c1-12-10-14(23(25)26)6-7-15(12)18(24)22-9-8-13(11-22)16-4-2-3-5-17(16)27-19(20)21/h2-7,10-11,19H,8-9H2,1H3. The van der Waals surface area contributed by atoms with Gasteiger partial charge in [0.1, 0.15) is 5.75 Å². The predicted molar refractivity (Wildman–Crippen MR) is 94.5 cm³/mol. The summed E-state index contributed by atoms with van der Waals surface area (Å²) in [6.45, 7) is -0.922. The maximum Gasteiger partial charge on any atom is 0.387 e. The zero-order valence-corrected chi connectivity index (χ0v) is 14.4. The van der Waals surface area contributed by atoms with Crippen molar-refractivity contribution in [3.63, 3.8) is 0 Å². The van der Waals surface area contributed by atoms with Gasteiger partial charge in [0.15, 0.2) is 0 Å². The minimum atomic E-state index is -2.94. The normalized spacial score (nSPS) is 13.6. The summed E-state index contributed by atoms with van der Waals surface area (Å²) in [4.78, 5) is 24.5. The third-order valence-corrected chi connectivity index (χ3v) is 4.29. The number of nitrogens with zero attached hydrogens (tertiary/aromatic N) is 2. The number of nitro groups is 1. The van der Waals surface area contributed by atoms with Crippen molar-refractivity contribution in [1.82, 2.24) is 4.90 Å². The smallest absolute Gasteiger partial charge is 0.387 e. The Balaban J connectivity index is 1.86. The molecule has 3 rings (SSSR count). The van der Waals surface area contributed by atoms with Gasteiger partial charge in [0.25, 0.3) is 11.6 Å². The predicted octanol–water partition coefficient (Wildman–Crippen LogP) is 4.39. The second-order valence-corrected chi connectivity index (χ2v) is 6.03. The number of alkyl halides is 2. The van der Waals surface area contributed by atoms with Gasteiger partial charge >= 0.3 is 6.61 Å².